The van der Waals surface area contributed by atoms with Gasteiger partial charge in [0.15, 0.2) is 5.67 Å². The van der Waals surface area contributed by atoms with E-state index in [2.05, 4.69) is 43.6 Å². The monoisotopic (exact) mass is 314 g/mol. The average molecular weight is 315 g/mol. The Morgan fingerprint density at radius 3 is 1.83 bits per heavy atom. The zero-order chi connectivity index (χ0) is 13.5. The summed E-state index contributed by atoms with van der Waals surface area (Å²) in [6, 6.07) is 3.98. The molecule has 1 aliphatic heterocycles. The molecule has 0 N–H and O–H groups in total. The highest BCUT2D eigenvalue weighted by Crippen LogP contribution is 2.40. The molecule has 1 nitrogen and oxygen atoms in total. The highest BCUT2D eigenvalue weighted by molar-refractivity contribution is 9.10. The predicted octanol–water partition coefficient (Wildman–Crippen LogP) is 4.89. The summed E-state index contributed by atoms with van der Waals surface area (Å²) >= 11 is 3.67. The summed E-state index contributed by atoms with van der Waals surface area (Å²) in [5.41, 5.74) is 1.85. The van der Waals surface area contributed by atoms with E-state index in [1.165, 1.54) is 11.1 Å². The van der Waals surface area contributed by atoms with Gasteiger partial charge in [-0.2, -0.15) is 0 Å². The molecule has 1 heterocycles. The van der Waals surface area contributed by atoms with E-state index >= 15 is 0 Å². The van der Waals surface area contributed by atoms with Gasteiger partial charge in [0.05, 0.1) is 13.2 Å². The smallest absolute Gasteiger partial charge is 0.182 e. The van der Waals surface area contributed by atoms with Crippen molar-refractivity contribution < 1.29 is 9.13 Å². The van der Waals surface area contributed by atoms with Crippen molar-refractivity contribution >= 4 is 15.9 Å². The number of hydrogen-bond donors (Lipinski definition) is 0. The zero-order valence-corrected chi connectivity index (χ0v) is 13.0. The first-order valence-electron chi connectivity index (χ1n) is 6.45. The molecule has 0 aromatic heterocycles. The molecule has 0 unspecified atom stereocenters. The van der Waals surface area contributed by atoms with Crippen LogP contribution in [-0.4, -0.2) is 13.2 Å². The van der Waals surface area contributed by atoms with Gasteiger partial charge in [-0.15, -0.1) is 0 Å². The minimum absolute atomic E-state index is 0.184. The van der Waals surface area contributed by atoms with Gasteiger partial charge in [-0.3, -0.25) is 0 Å². The first kappa shape index (κ1) is 14.0. The maximum absolute atomic E-state index is 14.5. The minimum Gasteiger partial charge on any atom is -0.374 e. The van der Waals surface area contributed by atoms with Gasteiger partial charge >= 0.3 is 0 Å². The average Bonchev–Trinajstić information content (AvgIpc) is 2.25. The third kappa shape index (κ3) is 2.35. The Labute approximate surface area is 117 Å². The molecule has 3 heteroatoms. The fourth-order valence-electron chi connectivity index (χ4n) is 2.22. The van der Waals surface area contributed by atoms with Crippen LogP contribution >= 0.6 is 15.9 Å². The second-order valence-electron chi connectivity index (χ2n) is 5.74. The van der Waals surface area contributed by atoms with Gasteiger partial charge in [0.2, 0.25) is 0 Å². The molecule has 0 radical (unpaired) electrons. The quantitative estimate of drug-likeness (QED) is 0.771. The molecule has 0 saturated carbocycles. The Bertz CT molecular complexity index is 421. The third-order valence-corrected chi connectivity index (χ3v) is 4.47. The molecule has 1 aliphatic rings. The van der Waals surface area contributed by atoms with Crippen LogP contribution in [-0.2, 0) is 10.4 Å². The van der Waals surface area contributed by atoms with Gasteiger partial charge in [0, 0.05) is 4.47 Å². The molecule has 100 valence electrons. The Morgan fingerprint density at radius 1 is 1.11 bits per heavy atom. The van der Waals surface area contributed by atoms with Crippen molar-refractivity contribution in [2.24, 2.45) is 0 Å². The van der Waals surface area contributed by atoms with Crippen LogP contribution in [0.5, 0.6) is 0 Å². The van der Waals surface area contributed by atoms with E-state index in [0.717, 1.165) is 10.0 Å². The molecule has 0 aliphatic carbocycles. The summed E-state index contributed by atoms with van der Waals surface area (Å²) in [4.78, 5) is 0. The molecule has 0 atom stereocenters. The fourth-order valence-corrected chi connectivity index (χ4v) is 3.36. The standard InChI is InChI=1S/C15H20BrFO/c1-9(2)12-5-11(15(17)7-18-8-15)6-13(10(3)4)14(12)16/h5-6,9-10H,7-8H2,1-4H3. The highest BCUT2D eigenvalue weighted by atomic mass is 79.9. The molecule has 0 amide bonds. The van der Waals surface area contributed by atoms with Crippen LogP contribution in [0.4, 0.5) is 4.39 Å². The van der Waals surface area contributed by atoms with Crippen molar-refractivity contribution in [3.63, 3.8) is 0 Å². The molecule has 0 spiro atoms. The number of ether oxygens (including phenoxy) is 1. The molecule has 1 aromatic carbocycles. The lowest BCUT2D eigenvalue weighted by Crippen LogP contribution is -2.42. The molecule has 0 bridgehead atoms. The lowest BCUT2D eigenvalue weighted by molar-refractivity contribution is -0.135. The maximum Gasteiger partial charge on any atom is 0.182 e. The summed E-state index contributed by atoms with van der Waals surface area (Å²) in [5.74, 6) is 0.753. The predicted molar refractivity (Wildman–Crippen MR) is 75.9 cm³/mol. The minimum atomic E-state index is -1.28. The lowest BCUT2D eigenvalue weighted by Gasteiger charge is -2.35. The first-order chi connectivity index (χ1) is 8.35. The Hall–Kier alpha value is -0.410. The summed E-state index contributed by atoms with van der Waals surface area (Å²) in [6.07, 6.45) is 0. The van der Waals surface area contributed by atoms with Gasteiger partial charge in [-0.1, -0.05) is 55.8 Å². The van der Waals surface area contributed by atoms with Crippen LogP contribution in [0.25, 0.3) is 0 Å². The summed E-state index contributed by atoms with van der Waals surface area (Å²) < 4.78 is 20.7. The van der Waals surface area contributed by atoms with Gasteiger partial charge in [0.25, 0.3) is 0 Å². The van der Waals surface area contributed by atoms with E-state index in [0.29, 0.717) is 11.8 Å². The second kappa shape index (κ2) is 4.93. The van der Waals surface area contributed by atoms with E-state index in [9.17, 15) is 4.39 Å². The van der Waals surface area contributed by atoms with Crippen molar-refractivity contribution in [1.29, 1.82) is 0 Å². The summed E-state index contributed by atoms with van der Waals surface area (Å²) in [7, 11) is 0. The van der Waals surface area contributed by atoms with Crippen LogP contribution in [0, 0.1) is 0 Å². The number of benzene rings is 1. The molecule has 1 saturated heterocycles. The normalized spacial score (nSPS) is 18.2. The van der Waals surface area contributed by atoms with Crippen LogP contribution in [0.2, 0.25) is 0 Å². The van der Waals surface area contributed by atoms with Gasteiger partial charge < -0.3 is 4.74 Å². The molecule has 1 aromatic rings. The van der Waals surface area contributed by atoms with Crippen molar-refractivity contribution in [2.45, 2.75) is 45.2 Å². The SMILES string of the molecule is CC(C)c1cc(C2(F)COC2)cc(C(C)C)c1Br. The van der Waals surface area contributed by atoms with Crippen LogP contribution < -0.4 is 0 Å². The Morgan fingerprint density at radius 2 is 1.56 bits per heavy atom. The first-order valence-corrected chi connectivity index (χ1v) is 7.25. The van der Waals surface area contributed by atoms with E-state index in [1.807, 2.05) is 12.1 Å². The van der Waals surface area contributed by atoms with Gasteiger partial charge in [-0.25, -0.2) is 4.39 Å². The van der Waals surface area contributed by atoms with E-state index < -0.39 is 5.67 Å². The van der Waals surface area contributed by atoms with Crippen molar-refractivity contribution in [1.82, 2.24) is 0 Å². The number of alkyl halides is 1. The Kier molecular flexibility index (Phi) is 3.84. The third-order valence-electron chi connectivity index (χ3n) is 3.55. The molecular weight excluding hydrogens is 295 g/mol. The van der Waals surface area contributed by atoms with E-state index in [4.69, 9.17) is 4.74 Å². The maximum atomic E-state index is 14.5. The molecule has 2 rings (SSSR count). The molecule has 1 fully saturated rings. The van der Waals surface area contributed by atoms with Crippen molar-refractivity contribution in [3.8, 4) is 0 Å². The number of rotatable bonds is 3. The number of hydrogen-bond acceptors (Lipinski definition) is 1. The van der Waals surface area contributed by atoms with Crippen LogP contribution in [0.3, 0.4) is 0 Å². The highest BCUT2D eigenvalue weighted by Gasteiger charge is 2.41. The van der Waals surface area contributed by atoms with Gasteiger partial charge in [-0.05, 0) is 28.5 Å². The van der Waals surface area contributed by atoms with Gasteiger partial charge in [0.1, 0.15) is 0 Å². The van der Waals surface area contributed by atoms with Crippen molar-refractivity contribution in [3.05, 3.63) is 33.3 Å². The van der Waals surface area contributed by atoms with Crippen LogP contribution in [0.1, 0.15) is 56.2 Å². The lowest BCUT2D eigenvalue weighted by atomic mass is 9.86. The largest absolute Gasteiger partial charge is 0.374 e. The fraction of sp³-hybridized carbons (Fsp3) is 0.600. The molecule has 18 heavy (non-hydrogen) atoms. The van der Waals surface area contributed by atoms with E-state index in [1.54, 1.807) is 0 Å². The zero-order valence-electron chi connectivity index (χ0n) is 11.4. The van der Waals surface area contributed by atoms with Crippen LogP contribution in [0.15, 0.2) is 16.6 Å². The Balaban J connectivity index is 2.55. The number of halogens is 2. The second-order valence-corrected chi connectivity index (χ2v) is 6.53. The summed E-state index contributed by atoms with van der Waals surface area (Å²) in [6.45, 7) is 8.91. The van der Waals surface area contributed by atoms with E-state index in [-0.39, 0.29) is 13.2 Å². The molecular formula is C15H20BrFO. The van der Waals surface area contributed by atoms with Crippen molar-refractivity contribution in [2.75, 3.05) is 13.2 Å². The topological polar surface area (TPSA) is 9.23 Å². The summed E-state index contributed by atoms with van der Waals surface area (Å²) in [5, 5.41) is 0.